The largest absolute Gasteiger partial charge is 0.475 e. The molecule has 0 atom stereocenters. The van der Waals surface area contributed by atoms with E-state index < -0.39 is 0 Å². The van der Waals surface area contributed by atoms with Crippen LogP contribution in [0.5, 0.6) is 5.88 Å². The Morgan fingerprint density at radius 1 is 1.26 bits per heavy atom. The fourth-order valence-electron chi connectivity index (χ4n) is 1.83. The van der Waals surface area contributed by atoms with E-state index in [2.05, 4.69) is 34.0 Å². The molecule has 0 aliphatic heterocycles. The molecule has 1 heterocycles. The van der Waals surface area contributed by atoms with Crippen LogP contribution in [-0.2, 0) is 0 Å². The summed E-state index contributed by atoms with van der Waals surface area (Å²) >= 11 is 0. The molecule has 0 aliphatic carbocycles. The van der Waals surface area contributed by atoms with Gasteiger partial charge in [0.25, 0.3) is 0 Å². The average molecular weight is 266 g/mol. The van der Waals surface area contributed by atoms with Crippen LogP contribution < -0.4 is 10.1 Å². The zero-order valence-electron chi connectivity index (χ0n) is 12.5. The van der Waals surface area contributed by atoms with Crippen molar-refractivity contribution in [2.24, 2.45) is 0 Å². The molecule has 1 aromatic rings. The fourth-order valence-corrected chi connectivity index (χ4v) is 1.83. The van der Waals surface area contributed by atoms with Crippen molar-refractivity contribution in [2.75, 3.05) is 31.5 Å². The number of rotatable bonds is 9. The van der Waals surface area contributed by atoms with Crippen LogP contribution >= 0.6 is 0 Å². The van der Waals surface area contributed by atoms with Gasteiger partial charge in [-0.3, -0.25) is 0 Å². The minimum absolute atomic E-state index is 0.128. The molecule has 0 radical (unpaired) electrons. The lowest BCUT2D eigenvalue weighted by Gasteiger charge is -2.19. The molecule has 1 N–H and O–H groups in total. The minimum atomic E-state index is 0.128. The van der Waals surface area contributed by atoms with E-state index in [0.29, 0.717) is 5.88 Å². The SMILES string of the molecule is CCCN(CC)CCNc1cc(OC(C)C)ncn1. The predicted octanol–water partition coefficient (Wildman–Crippen LogP) is 2.41. The predicted molar refractivity (Wildman–Crippen MR) is 78.7 cm³/mol. The number of anilines is 1. The Balaban J connectivity index is 2.40. The van der Waals surface area contributed by atoms with Crippen LogP contribution in [0.15, 0.2) is 12.4 Å². The molecule has 5 nitrogen and oxygen atoms in total. The standard InChI is InChI=1S/C14H26N4O/c1-5-8-18(6-2)9-7-15-13-10-14(17-11-16-13)19-12(3)4/h10-12H,5-9H2,1-4H3,(H,15,16,17). The molecule has 19 heavy (non-hydrogen) atoms. The Hall–Kier alpha value is -1.36. The highest BCUT2D eigenvalue weighted by Gasteiger charge is 2.03. The van der Waals surface area contributed by atoms with Gasteiger partial charge in [0.05, 0.1) is 6.10 Å². The van der Waals surface area contributed by atoms with Gasteiger partial charge < -0.3 is 15.0 Å². The first-order valence-corrected chi connectivity index (χ1v) is 7.10. The summed E-state index contributed by atoms with van der Waals surface area (Å²) in [7, 11) is 0. The molecule has 0 aliphatic rings. The molecule has 0 spiro atoms. The second kappa shape index (κ2) is 8.69. The molecular weight excluding hydrogens is 240 g/mol. The summed E-state index contributed by atoms with van der Waals surface area (Å²) in [6, 6.07) is 1.84. The summed E-state index contributed by atoms with van der Waals surface area (Å²) in [5.74, 6) is 1.44. The second-order valence-electron chi connectivity index (χ2n) is 4.77. The smallest absolute Gasteiger partial charge is 0.218 e. The van der Waals surface area contributed by atoms with Crippen LogP contribution in [-0.4, -0.2) is 47.2 Å². The number of hydrogen-bond donors (Lipinski definition) is 1. The summed E-state index contributed by atoms with van der Waals surface area (Å²) in [6.45, 7) is 12.5. The van der Waals surface area contributed by atoms with Crippen LogP contribution in [0.3, 0.4) is 0 Å². The van der Waals surface area contributed by atoms with E-state index in [0.717, 1.165) is 32.0 Å². The third-order valence-electron chi connectivity index (χ3n) is 2.72. The summed E-state index contributed by atoms with van der Waals surface area (Å²) in [5.41, 5.74) is 0. The fraction of sp³-hybridized carbons (Fsp3) is 0.714. The Morgan fingerprint density at radius 2 is 2.05 bits per heavy atom. The molecule has 0 saturated heterocycles. The number of nitrogens with one attached hydrogen (secondary N) is 1. The highest BCUT2D eigenvalue weighted by atomic mass is 16.5. The second-order valence-corrected chi connectivity index (χ2v) is 4.77. The van der Waals surface area contributed by atoms with E-state index in [1.165, 1.54) is 12.7 Å². The molecular formula is C14H26N4O. The molecule has 0 saturated carbocycles. The summed E-state index contributed by atoms with van der Waals surface area (Å²) in [4.78, 5) is 10.7. The quantitative estimate of drug-likeness (QED) is 0.744. The van der Waals surface area contributed by atoms with Crippen molar-refractivity contribution in [1.29, 1.82) is 0 Å². The maximum absolute atomic E-state index is 5.54. The van der Waals surface area contributed by atoms with Gasteiger partial charge in [-0.15, -0.1) is 0 Å². The van der Waals surface area contributed by atoms with E-state index >= 15 is 0 Å². The van der Waals surface area contributed by atoms with Crippen molar-refractivity contribution in [3.8, 4) is 5.88 Å². The van der Waals surface area contributed by atoms with Crippen LogP contribution in [0.25, 0.3) is 0 Å². The van der Waals surface area contributed by atoms with Crippen molar-refractivity contribution >= 4 is 5.82 Å². The molecule has 5 heteroatoms. The first-order chi connectivity index (χ1) is 9.15. The Bertz CT molecular complexity index is 357. The molecule has 1 aromatic heterocycles. The van der Waals surface area contributed by atoms with Gasteiger partial charge in [0.15, 0.2) is 0 Å². The van der Waals surface area contributed by atoms with E-state index in [4.69, 9.17) is 4.74 Å². The van der Waals surface area contributed by atoms with Gasteiger partial charge in [0.2, 0.25) is 5.88 Å². The van der Waals surface area contributed by atoms with Crippen molar-refractivity contribution in [3.63, 3.8) is 0 Å². The van der Waals surface area contributed by atoms with E-state index in [1.54, 1.807) is 0 Å². The molecule has 108 valence electrons. The van der Waals surface area contributed by atoms with Crippen LogP contribution in [0.4, 0.5) is 5.82 Å². The van der Waals surface area contributed by atoms with E-state index in [9.17, 15) is 0 Å². The van der Waals surface area contributed by atoms with Crippen molar-refractivity contribution in [2.45, 2.75) is 40.2 Å². The molecule has 0 amide bonds. The highest BCUT2D eigenvalue weighted by molar-refractivity contribution is 5.36. The minimum Gasteiger partial charge on any atom is -0.475 e. The summed E-state index contributed by atoms with van der Waals surface area (Å²) < 4.78 is 5.54. The summed E-state index contributed by atoms with van der Waals surface area (Å²) in [6.07, 6.45) is 2.85. The van der Waals surface area contributed by atoms with Gasteiger partial charge in [-0.2, -0.15) is 0 Å². The average Bonchev–Trinajstić information content (AvgIpc) is 2.37. The normalized spacial score (nSPS) is 11.1. The van der Waals surface area contributed by atoms with Crippen molar-refractivity contribution in [1.82, 2.24) is 14.9 Å². The Kier molecular flexibility index (Phi) is 7.18. The lowest BCUT2D eigenvalue weighted by atomic mass is 10.4. The maximum atomic E-state index is 5.54. The van der Waals surface area contributed by atoms with Crippen molar-refractivity contribution < 1.29 is 4.74 Å². The molecule has 0 fully saturated rings. The Morgan fingerprint density at radius 3 is 2.68 bits per heavy atom. The van der Waals surface area contributed by atoms with Crippen LogP contribution in [0.1, 0.15) is 34.1 Å². The van der Waals surface area contributed by atoms with Gasteiger partial charge in [-0.25, -0.2) is 9.97 Å². The number of aromatic nitrogens is 2. The van der Waals surface area contributed by atoms with Crippen LogP contribution in [0.2, 0.25) is 0 Å². The molecule has 0 unspecified atom stereocenters. The number of hydrogen-bond acceptors (Lipinski definition) is 5. The molecule has 0 aromatic carbocycles. The lowest BCUT2D eigenvalue weighted by molar-refractivity contribution is 0.232. The number of likely N-dealkylation sites (N-methyl/N-ethyl adjacent to an activating group) is 1. The third-order valence-corrected chi connectivity index (χ3v) is 2.72. The molecule has 0 bridgehead atoms. The third kappa shape index (κ3) is 6.38. The van der Waals surface area contributed by atoms with Crippen LogP contribution in [0, 0.1) is 0 Å². The van der Waals surface area contributed by atoms with Gasteiger partial charge in [0.1, 0.15) is 12.1 Å². The van der Waals surface area contributed by atoms with Gasteiger partial charge in [-0.05, 0) is 33.4 Å². The maximum Gasteiger partial charge on any atom is 0.218 e. The van der Waals surface area contributed by atoms with Gasteiger partial charge >= 0.3 is 0 Å². The number of nitrogens with zero attached hydrogens (tertiary/aromatic N) is 3. The first kappa shape index (κ1) is 15.7. The van der Waals surface area contributed by atoms with Crippen molar-refractivity contribution in [3.05, 3.63) is 12.4 Å². The monoisotopic (exact) mass is 266 g/mol. The topological polar surface area (TPSA) is 50.3 Å². The van der Waals surface area contributed by atoms with E-state index in [-0.39, 0.29) is 6.10 Å². The van der Waals surface area contributed by atoms with Gasteiger partial charge in [-0.1, -0.05) is 13.8 Å². The zero-order chi connectivity index (χ0) is 14.1. The lowest BCUT2D eigenvalue weighted by Crippen LogP contribution is -2.29. The van der Waals surface area contributed by atoms with E-state index in [1.807, 2.05) is 19.9 Å². The zero-order valence-corrected chi connectivity index (χ0v) is 12.5. The Labute approximate surface area is 116 Å². The highest BCUT2D eigenvalue weighted by Crippen LogP contribution is 2.12. The first-order valence-electron chi connectivity index (χ1n) is 7.10. The van der Waals surface area contributed by atoms with Gasteiger partial charge in [0, 0.05) is 19.2 Å². The summed E-state index contributed by atoms with van der Waals surface area (Å²) in [5, 5.41) is 3.31. The molecule has 1 rings (SSSR count). The number of ether oxygens (including phenoxy) is 1.